The summed E-state index contributed by atoms with van der Waals surface area (Å²) in [4.78, 5) is 0. The van der Waals surface area contributed by atoms with Crippen LogP contribution in [-0.2, 0) is 17.8 Å². The summed E-state index contributed by atoms with van der Waals surface area (Å²) in [6, 6.07) is 11.5. The number of hydrogen-bond donors (Lipinski definition) is 3. The molecule has 1 unspecified atom stereocenters. The highest BCUT2D eigenvalue weighted by Crippen LogP contribution is 2.38. The highest BCUT2D eigenvalue weighted by Gasteiger charge is 2.28. The fourth-order valence-corrected chi connectivity index (χ4v) is 3.01. The van der Waals surface area contributed by atoms with E-state index in [1.54, 1.807) is 39.8 Å². The molecule has 4 heteroatoms. The van der Waals surface area contributed by atoms with Gasteiger partial charge in [0.25, 0.3) is 0 Å². The van der Waals surface area contributed by atoms with Crippen LogP contribution in [0.4, 0.5) is 0 Å². The average molecular weight is 373 g/mol. The number of ether oxygens (including phenoxy) is 1. The Labute approximate surface area is 162 Å². The lowest BCUT2D eigenvalue weighted by molar-refractivity contribution is 0.0662. The molecule has 0 saturated heterocycles. The molecule has 0 heterocycles. The van der Waals surface area contributed by atoms with Crippen molar-refractivity contribution in [1.82, 2.24) is 0 Å². The van der Waals surface area contributed by atoms with Crippen LogP contribution in [0.25, 0.3) is 0 Å². The summed E-state index contributed by atoms with van der Waals surface area (Å²) in [5.41, 5.74) is 0.313. The van der Waals surface area contributed by atoms with E-state index in [9.17, 15) is 15.3 Å². The zero-order valence-electron chi connectivity index (χ0n) is 17.2. The van der Waals surface area contributed by atoms with E-state index in [0.717, 1.165) is 17.7 Å². The van der Waals surface area contributed by atoms with E-state index in [-0.39, 0.29) is 12.4 Å². The topological polar surface area (TPSA) is 69.9 Å². The van der Waals surface area contributed by atoms with E-state index < -0.39 is 11.2 Å². The number of aliphatic hydroxyl groups is 2. The SMILES string of the molecule is CCC(C)c1ccc(OCc2cc(C(C)(C)O)c(O)c(C(C)(C)O)c2)cc1. The molecule has 3 N–H and O–H groups in total. The fraction of sp³-hybridized carbons (Fsp3) is 0.478. The van der Waals surface area contributed by atoms with Crippen LogP contribution in [0, 0.1) is 0 Å². The van der Waals surface area contributed by atoms with Crippen LogP contribution < -0.4 is 4.74 Å². The molecule has 0 aliphatic heterocycles. The highest BCUT2D eigenvalue weighted by molar-refractivity contribution is 5.48. The van der Waals surface area contributed by atoms with Gasteiger partial charge in [0, 0.05) is 11.1 Å². The zero-order valence-corrected chi connectivity index (χ0v) is 17.2. The molecule has 0 radical (unpaired) electrons. The number of rotatable bonds is 7. The molecule has 1 atom stereocenters. The molecule has 0 spiro atoms. The zero-order chi connectivity index (χ0) is 20.4. The number of hydrogen-bond acceptors (Lipinski definition) is 4. The summed E-state index contributed by atoms with van der Waals surface area (Å²) in [5.74, 6) is 1.18. The van der Waals surface area contributed by atoms with Gasteiger partial charge in [0.15, 0.2) is 0 Å². The second-order valence-electron chi connectivity index (χ2n) is 8.32. The summed E-state index contributed by atoms with van der Waals surface area (Å²) in [6.07, 6.45) is 1.09. The molecule has 27 heavy (non-hydrogen) atoms. The Balaban J connectivity index is 2.28. The van der Waals surface area contributed by atoms with E-state index in [2.05, 4.69) is 26.0 Å². The van der Waals surface area contributed by atoms with Crippen molar-refractivity contribution in [3.63, 3.8) is 0 Å². The Kier molecular flexibility index (Phi) is 6.23. The minimum absolute atomic E-state index is 0.0864. The van der Waals surface area contributed by atoms with E-state index in [1.807, 2.05) is 12.1 Å². The van der Waals surface area contributed by atoms with E-state index in [4.69, 9.17) is 4.74 Å². The van der Waals surface area contributed by atoms with Gasteiger partial charge in [0.05, 0.1) is 11.2 Å². The van der Waals surface area contributed by atoms with Gasteiger partial charge in [-0.3, -0.25) is 0 Å². The molecule has 2 rings (SSSR count). The summed E-state index contributed by atoms with van der Waals surface area (Å²) in [7, 11) is 0. The van der Waals surface area contributed by atoms with Crippen molar-refractivity contribution in [3.8, 4) is 11.5 Å². The number of benzene rings is 2. The Bertz CT molecular complexity index is 729. The average Bonchev–Trinajstić information content (AvgIpc) is 2.58. The third kappa shape index (κ3) is 5.24. The minimum atomic E-state index is -1.24. The number of phenols is 1. The lowest BCUT2D eigenvalue weighted by Crippen LogP contribution is -2.21. The van der Waals surface area contributed by atoms with Crippen LogP contribution in [0.2, 0.25) is 0 Å². The largest absolute Gasteiger partial charge is 0.507 e. The molecule has 0 fully saturated rings. The summed E-state index contributed by atoms with van der Waals surface area (Å²) >= 11 is 0. The Morgan fingerprint density at radius 1 is 0.926 bits per heavy atom. The van der Waals surface area contributed by atoms with Crippen LogP contribution in [-0.4, -0.2) is 15.3 Å². The molecule has 0 aliphatic carbocycles. The minimum Gasteiger partial charge on any atom is -0.507 e. The molecule has 0 aromatic heterocycles. The second-order valence-corrected chi connectivity index (χ2v) is 8.32. The first-order valence-electron chi connectivity index (χ1n) is 9.47. The molecule has 2 aromatic rings. The standard InChI is InChI=1S/C23H32O4/c1-7-15(2)17-8-10-18(11-9-17)27-14-16-12-19(22(3,4)25)21(24)20(13-16)23(5,6)26/h8-13,15,24-26H,7,14H2,1-6H3. The molecular weight excluding hydrogens is 340 g/mol. The molecule has 0 saturated carbocycles. The number of phenolic OH excluding ortho intramolecular Hbond substituents is 1. The predicted molar refractivity (Wildman–Crippen MR) is 108 cm³/mol. The molecule has 0 aliphatic rings. The van der Waals surface area contributed by atoms with Crippen molar-refractivity contribution < 1.29 is 20.1 Å². The van der Waals surface area contributed by atoms with Gasteiger partial charge >= 0.3 is 0 Å². The van der Waals surface area contributed by atoms with Gasteiger partial charge < -0.3 is 20.1 Å². The Morgan fingerprint density at radius 2 is 1.41 bits per heavy atom. The van der Waals surface area contributed by atoms with Gasteiger partial charge in [-0.25, -0.2) is 0 Å². The maximum Gasteiger partial charge on any atom is 0.127 e. The molecule has 2 aromatic carbocycles. The van der Waals surface area contributed by atoms with Crippen molar-refractivity contribution >= 4 is 0 Å². The second kappa shape index (κ2) is 7.91. The first-order valence-corrected chi connectivity index (χ1v) is 9.47. The lowest BCUT2D eigenvalue weighted by Gasteiger charge is -2.26. The van der Waals surface area contributed by atoms with Gasteiger partial charge in [-0.1, -0.05) is 26.0 Å². The van der Waals surface area contributed by atoms with Crippen molar-refractivity contribution in [3.05, 3.63) is 58.7 Å². The molecule has 4 nitrogen and oxygen atoms in total. The van der Waals surface area contributed by atoms with Crippen LogP contribution in [0.3, 0.4) is 0 Å². The van der Waals surface area contributed by atoms with Gasteiger partial charge in [-0.2, -0.15) is 0 Å². The fourth-order valence-electron chi connectivity index (χ4n) is 3.01. The van der Waals surface area contributed by atoms with Gasteiger partial charge in [0.2, 0.25) is 0 Å². The molecule has 0 amide bonds. The van der Waals surface area contributed by atoms with E-state index in [1.165, 1.54) is 5.56 Å². The summed E-state index contributed by atoms with van der Waals surface area (Å²) in [5, 5.41) is 31.3. The third-order valence-corrected chi connectivity index (χ3v) is 4.95. The van der Waals surface area contributed by atoms with Crippen molar-refractivity contribution in [2.75, 3.05) is 0 Å². The van der Waals surface area contributed by atoms with Crippen molar-refractivity contribution in [1.29, 1.82) is 0 Å². The van der Waals surface area contributed by atoms with Crippen LogP contribution in [0.1, 0.15) is 76.1 Å². The third-order valence-electron chi connectivity index (χ3n) is 4.95. The maximum absolute atomic E-state index is 10.5. The molecular formula is C23H32O4. The first-order chi connectivity index (χ1) is 12.4. The van der Waals surface area contributed by atoms with Gasteiger partial charge in [0.1, 0.15) is 18.1 Å². The van der Waals surface area contributed by atoms with Gasteiger partial charge in [-0.05, 0) is 75.4 Å². The van der Waals surface area contributed by atoms with Crippen LogP contribution in [0.15, 0.2) is 36.4 Å². The van der Waals surface area contributed by atoms with Gasteiger partial charge in [-0.15, -0.1) is 0 Å². The Hall–Kier alpha value is -2.04. The van der Waals surface area contributed by atoms with Crippen LogP contribution >= 0.6 is 0 Å². The van der Waals surface area contributed by atoms with E-state index >= 15 is 0 Å². The number of aromatic hydroxyl groups is 1. The molecule has 148 valence electrons. The van der Waals surface area contributed by atoms with Crippen molar-refractivity contribution in [2.24, 2.45) is 0 Å². The van der Waals surface area contributed by atoms with Crippen LogP contribution in [0.5, 0.6) is 11.5 Å². The maximum atomic E-state index is 10.5. The van der Waals surface area contributed by atoms with E-state index in [0.29, 0.717) is 17.0 Å². The Morgan fingerprint density at radius 3 is 1.81 bits per heavy atom. The quantitative estimate of drug-likeness (QED) is 0.644. The monoisotopic (exact) mass is 372 g/mol. The highest BCUT2D eigenvalue weighted by atomic mass is 16.5. The predicted octanol–water partition coefficient (Wildman–Crippen LogP) is 4.94. The first kappa shape index (κ1) is 21.3. The van der Waals surface area contributed by atoms with Crippen molar-refractivity contribution in [2.45, 2.75) is 71.7 Å². The molecule has 0 bridgehead atoms. The summed E-state index contributed by atoms with van der Waals surface area (Å²) < 4.78 is 5.89. The smallest absolute Gasteiger partial charge is 0.127 e. The normalized spacial score (nSPS) is 13.5. The lowest BCUT2D eigenvalue weighted by atomic mass is 9.87. The summed E-state index contributed by atoms with van der Waals surface area (Å²) in [6.45, 7) is 11.1.